The van der Waals surface area contributed by atoms with E-state index in [4.69, 9.17) is 0 Å². The molecule has 0 radical (unpaired) electrons. The SMILES string of the molecule is CC(=O)CC(C(=O)c1ccccc1)c1ccccc1. The summed E-state index contributed by atoms with van der Waals surface area (Å²) in [4.78, 5) is 23.9. The van der Waals surface area contributed by atoms with Crippen molar-refractivity contribution in [2.75, 3.05) is 0 Å². The van der Waals surface area contributed by atoms with E-state index in [9.17, 15) is 9.59 Å². The minimum Gasteiger partial charge on any atom is -0.300 e. The van der Waals surface area contributed by atoms with Gasteiger partial charge >= 0.3 is 0 Å². The second kappa shape index (κ2) is 6.10. The Morgan fingerprint density at radius 2 is 1.42 bits per heavy atom. The fourth-order valence-corrected chi connectivity index (χ4v) is 2.14. The van der Waals surface area contributed by atoms with Gasteiger partial charge in [0.05, 0.1) is 5.92 Å². The third kappa shape index (κ3) is 3.38. The zero-order valence-corrected chi connectivity index (χ0v) is 10.9. The lowest BCUT2D eigenvalue weighted by Crippen LogP contribution is -2.16. The molecule has 1 unspecified atom stereocenters. The molecule has 0 fully saturated rings. The molecule has 19 heavy (non-hydrogen) atoms. The van der Waals surface area contributed by atoms with Crippen LogP contribution in [0, 0.1) is 0 Å². The summed E-state index contributed by atoms with van der Waals surface area (Å²) in [5, 5.41) is 0. The molecule has 0 saturated carbocycles. The van der Waals surface area contributed by atoms with E-state index in [0.717, 1.165) is 5.56 Å². The van der Waals surface area contributed by atoms with Gasteiger partial charge in [0.2, 0.25) is 0 Å². The van der Waals surface area contributed by atoms with E-state index in [-0.39, 0.29) is 23.9 Å². The van der Waals surface area contributed by atoms with Gasteiger partial charge in [-0.25, -0.2) is 0 Å². The number of Topliss-reactive ketones (excluding diaryl/α,β-unsaturated/α-hetero) is 2. The van der Waals surface area contributed by atoms with Crippen molar-refractivity contribution in [3.05, 3.63) is 71.8 Å². The van der Waals surface area contributed by atoms with Gasteiger partial charge < -0.3 is 0 Å². The molecule has 0 heterocycles. The number of benzene rings is 2. The monoisotopic (exact) mass is 252 g/mol. The zero-order chi connectivity index (χ0) is 13.7. The van der Waals surface area contributed by atoms with Crippen LogP contribution in [0.5, 0.6) is 0 Å². The highest BCUT2D eigenvalue weighted by molar-refractivity contribution is 6.03. The predicted molar refractivity (Wildman–Crippen MR) is 75.3 cm³/mol. The van der Waals surface area contributed by atoms with Crippen LogP contribution in [0.25, 0.3) is 0 Å². The van der Waals surface area contributed by atoms with Crippen LogP contribution in [0.2, 0.25) is 0 Å². The van der Waals surface area contributed by atoms with Crippen LogP contribution in [0.3, 0.4) is 0 Å². The Kier molecular flexibility index (Phi) is 4.24. The fourth-order valence-electron chi connectivity index (χ4n) is 2.14. The minimum atomic E-state index is -0.388. The van der Waals surface area contributed by atoms with Crippen molar-refractivity contribution < 1.29 is 9.59 Å². The molecule has 2 heteroatoms. The predicted octanol–water partition coefficient (Wildman–Crippen LogP) is 3.63. The molecule has 0 aliphatic heterocycles. The van der Waals surface area contributed by atoms with Crippen LogP contribution in [0.15, 0.2) is 60.7 Å². The number of hydrogen-bond acceptors (Lipinski definition) is 2. The van der Waals surface area contributed by atoms with E-state index in [2.05, 4.69) is 0 Å². The van der Waals surface area contributed by atoms with Crippen LogP contribution in [-0.2, 0) is 4.79 Å². The van der Waals surface area contributed by atoms with Crippen molar-refractivity contribution in [2.24, 2.45) is 0 Å². The van der Waals surface area contributed by atoms with Gasteiger partial charge in [-0.2, -0.15) is 0 Å². The van der Waals surface area contributed by atoms with Crippen molar-refractivity contribution in [3.63, 3.8) is 0 Å². The first-order chi connectivity index (χ1) is 9.18. The average molecular weight is 252 g/mol. The van der Waals surface area contributed by atoms with Crippen LogP contribution in [0.1, 0.15) is 35.2 Å². The molecule has 1 atom stereocenters. The highest BCUT2D eigenvalue weighted by Gasteiger charge is 2.23. The van der Waals surface area contributed by atoms with Gasteiger partial charge in [-0.1, -0.05) is 60.7 Å². The molecule has 2 aromatic rings. The molecular formula is C17H16O2. The second-order valence-electron chi connectivity index (χ2n) is 4.60. The lowest BCUT2D eigenvalue weighted by molar-refractivity contribution is -0.117. The Hall–Kier alpha value is -2.22. The summed E-state index contributed by atoms with van der Waals surface area (Å²) < 4.78 is 0. The van der Waals surface area contributed by atoms with Crippen molar-refractivity contribution in [1.29, 1.82) is 0 Å². The molecule has 0 spiro atoms. The van der Waals surface area contributed by atoms with E-state index < -0.39 is 0 Å². The van der Waals surface area contributed by atoms with Crippen molar-refractivity contribution in [3.8, 4) is 0 Å². The van der Waals surface area contributed by atoms with Gasteiger partial charge in [-0.05, 0) is 12.5 Å². The molecular weight excluding hydrogens is 236 g/mol. The Labute approximate surface area is 113 Å². The normalized spacial score (nSPS) is 11.8. The van der Waals surface area contributed by atoms with Crippen molar-refractivity contribution >= 4 is 11.6 Å². The Morgan fingerprint density at radius 1 is 0.895 bits per heavy atom. The van der Waals surface area contributed by atoms with Gasteiger partial charge in [0.1, 0.15) is 5.78 Å². The Morgan fingerprint density at radius 3 is 1.95 bits per heavy atom. The van der Waals surface area contributed by atoms with Crippen molar-refractivity contribution in [1.82, 2.24) is 0 Å². The average Bonchev–Trinajstić information content (AvgIpc) is 2.46. The van der Waals surface area contributed by atoms with Gasteiger partial charge in [0.25, 0.3) is 0 Å². The molecule has 0 N–H and O–H groups in total. The maximum Gasteiger partial charge on any atom is 0.170 e. The molecule has 2 aromatic carbocycles. The van der Waals surface area contributed by atoms with Crippen LogP contribution in [-0.4, -0.2) is 11.6 Å². The van der Waals surface area contributed by atoms with Crippen LogP contribution < -0.4 is 0 Å². The third-order valence-corrected chi connectivity index (χ3v) is 3.07. The molecule has 0 aromatic heterocycles. The molecule has 2 nitrogen and oxygen atoms in total. The molecule has 96 valence electrons. The van der Waals surface area contributed by atoms with Gasteiger partial charge in [-0.15, -0.1) is 0 Å². The number of ketones is 2. The van der Waals surface area contributed by atoms with E-state index in [1.807, 2.05) is 48.5 Å². The largest absolute Gasteiger partial charge is 0.300 e. The summed E-state index contributed by atoms with van der Waals surface area (Å²) in [6, 6.07) is 18.6. The lowest BCUT2D eigenvalue weighted by atomic mass is 9.87. The Balaban J connectivity index is 2.33. The highest BCUT2D eigenvalue weighted by atomic mass is 16.1. The first kappa shape index (κ1) is 13.2. The summed E-state index contributed by atoms with van der Waals surface area (Å²) in [7, 11) is 0. The van der Waals surface area contributed by atoms with Crippen LogP contribution >= 0.6 is 0 Å². The molecule has 0 bridgehead atoms. The van der Waals surface area contributed by atoms with Gasteiger partial charge in [0.15, 0.2) is 5.78 Å². The zero-order valence-electron chi connectivity index (χ0n) is 10.9. The van der Waals surface area contributed by atoms with Gasteiger partial charge in [0, 0.05) is 12.0 Å². The summed E-state index contributed by atoms with van der Waals surface area (Å²) in [5.74, 6) is -0.360. The summed E-state index contributed by atoms with van der Waals surface area (Å²) in [5.41, 5.74) is 1.55. The smallest absolute Gasteiger partial charge is 0.170 e. The number of carbonyl (C=O) groups excluding carboxylic acids is 2. The van der Waals surface area contributed by atoms with E-state index >= 15 is 0 Å². The highest BCUT2D eigenvalue weighted by Crippen LogP contribution is 2.24. The summed E-state index contributed by atoms with van der Waals surface area (Å²) >= 11 is 0. The quantitative estimate of drug-likeness (QED) is 0.761. The van der Waals surface area contributed by atoms with Crippen LogP contribution in [0.4, 0.5) is 0 Å². The topological polar surface area (TPSA) is 34.1 Å². The third-order valence-electron chi connectivity index (χ3n) is 3.07. The second-order valence-corrected chi connectivity index (χ2v) is 4.60. The van der Waals surface area contributed by atoms with Crippen molar-refractivity contribution in [2.45, 2.75) is 19.3 Å². The van der Waals surface area contributed by atoms with E-state index in [1.54, 1.807) is 12.1 Å². The lowest BCUT2D eigenvalue weighted by Gasteiger charge is -2.15. The standard InChI is InChI=1S/C17H16O2/c1-13(18)12-16(14-8-4-2-5-9-14)17(19)15-10-6-3-7-11-15/h2-11,16H,12H2,1H3. The number of carbonyl (C=O) groups is 2. The molecule has 0 aliphatic rings. The Bertz CT molecular complexity index is 558. The summed E-state index contributed by atoms with van der Waals surface area (Å²) in [6.07, 6.45) is 0.248. The molecule has 0 amide bonds. The molecule has 2 rings (SSSR count). The van der Waals surface area contributed by atoms with Gasteiger partial charge in [-0.3, -0.25) is 9.59 Å². The molecule has 0 aliphatic carbocycles. The number of hydrogen-bond donors (Lipinski definition) is 0. The van der Waals surface area contributed by atoms with E-state index in [1.165, 1.54) is 6.92 Å². The van der Waals surface area contributed by atoms with E-state index in [0.29, 0.717) is 5.56 Å². The minimum absolute atomic E-state index is 0.00185. The number of rotatable bonds is 5. The first-order valence-corrected chi connectivity index (χ1v) is 6.32. The maximum atomic E-state index is 12.5. The summed E-state index contributed by atoms with van der Waals surface area (Å²) in [6.45, 7) is 1.52. The first-order valence-electron chi connectivity index (χ1n) is 6.32. The molecule has 0 saturated heterocycles. The maximum absolute atomic E-state index is 12.5. The fraction of sp³-hybridized carbons (Fsp3) is 0.176.